The number of anilines is 1. The SMILES string of the molecule is CCCCN1C(=O)[C@@H](C(=O)OCC)[C@H](c2ccc(C)cc2)n2c1nc1ccccc12. The molecule has 0 spiro atoms. The number of benzene rings is 2. The highest BCUT2D eigenvalue weighted by atomic mass is 16.5. The van der Waals surface area contributed by atoms with Gasteiger partial charge in [0.2, 0.25) is 11.9 Å². The molecular weight excluding hydrogens is 378 g/mol. The van der Waals surface area contributed by atoms with Crippen LogP contribution in [0.15, 0.2) is 48.5 Å². The molecule has 0 fully saturated rings. The third-order valence-electron chi connectivity index (χ3n) is 5.64. The van der Waals surface area contributed by atoms with Crippen molar-refractivity contribution in [2.24, 2.45) is 5.92 Å². The molecule has 2 atom stereocenters. The molecule has 0 N–H and O–H groups in total. The first kappa shape index (κ1) is 20.1. The molecule has 1 aromatic heterocycles. The largest absolute Gasteiger partial charge is 0.465 e. The smallest absolute Gasteiger partial charge is 0.321 e. The number of aryl methyl sites for hydroxylation is 1. The number of carbonyl (C=O) groups excluding carboxylic acids is 2. The fraction of sp³-hybridized carbons (Fsp3) is 0.375. The molecule has 1 aliphatic heterocycles. The Morgan fingerprint density at radius 2 is 1.83 bits per heavy atom. The third kappa shape index (κ3) is 3.36. The number of para-hydroxylation sites is 2. The highest BCUT2D eigenvalue weighted by molar-refractivity contribution is 6.08. The molecule has 6 heteroatoms. The van der Waals surface area contributed by atoms with E-state index in [0.717, 1.165) is 35.0 Å². The number of hydrogen-bond donors (Lipinski definition) is 0. The molecule has 1 amide bonds. The fourth-order valence-electron chi connectivity index (χ4n) is 4.14. The van der Waals surface area contributed by atoms with Gasteiger partial charge in [-0.3, -0.25) is 14.5 Å². The Morgan fingerprint density at radius 1 is 1.10 bits per heavy atom. The summed E-state index contributed by atoms with van der Waals surface area (Å²) in [5.41, 5.74) is 3.73. The lowest BCUT2D eigenvalue weighted by molar-refractivity contribution is -0.153. The van der Waals surface area contributed by atoms with Gasteiger partial charge >= 0.3 is 5.97 Å². The molecule has 156 valence electrons. The van der Waals surface area contributed by atoms with E-state index in [1.807, 2.05) is 60.0 Å². The number of hydrogen-bond acceptors (Lipinski definition) is 4. The lowest BCUT2D eigenvalue weighted by atomic mass is 9.89. The highest BCUT2D eigenvalue weighted by Crippen LogP contribution is 2.41. The van der Waals surface area contributed by atoms with Crippen LogP contribution in [0.1, 0.15) is 43.9 Å². The first-order valence-electron chi connectivity index (χ1n) is 10.6. The molecule has 2 aromatic carbocycles. The second-order valence-corrected chi connectivity index (χ2v) is 7.70. The topological polar surface area (TPSA) is 64.4 Å². The molecule has 0 unspecified atom stereocenters. The average Bonchev–Trinajstić information content (AvgIpc) is 3.12. The van der Waals surface area contributed by atoms with Crippen molar-refractivity contribution < 1.29 is 14.3 Å². The number of rotatable bonds is 6. The Bertz CT molecular complexity index is 1070. The van der Waals surface area contributed by atoms with Crippen molar-refractivity contribution in [3.8, 4) is 0 Å². The van der Waals surface area contributed by atoms with Crippen LogP contribution in [0.2, 0.25) is 0 Å². The van der Waals surface area contributed by atoms with Crippen LogP contribution >= 0.6 is 0 Å². The highest BCUT2D eigenvalue weighted by Gasteiger charge is 2.47. The number of nitrogens with zero attached hydrogens (tertiary/aromatic N) is 3. The summed E-state index contributed by atoms with van der Waals surface area (Å²) < 4.78 is 7.40. The van der Waals surface area contributed by atoms with Crippen LogP contribution in [-0.2, 0) is 14.3 Å². The Kier molecular flexibility index (Phi) is 5.57. The van der Waals surface area contributed by atoms with E-state index in [9.17, 15) is 9.59 Å². The first-order chi connectivity index (χ1) is 14.6. The van der Waals surface area contributed by atoms with E-state index in [2.05, 4.69) is 6.92 Å². The maximum absolute atomic E-state index is 13.6. The van der Waals surface area contributed by atoms with Gasteiger partial charge in [-0.15, -0.1) is 0 Å². The number of unbranched alkanes of at least 4 members (excludes halogenated alkanes) is 1. The molecule has 3 aromatic rings. The summed E-state index contributed by atoms with van der Waals surface area (Å²) >= 11 is 0. The van der Waals surface area contributed by atoms with Crippen molar-refractivity contribution in [3.63, 3.8) is 0 Å². The van der Waals surface area contributed by atoms with Crippen molar-refractivity contribution in [2.75, 3.05) is 18.1 Å². The molecule has 0 aliphatic carbocycles. The predicted molar refractivity (Wildman–Crippen MR) is 116 cm³/mol. The zero-order valence-corrected chi connectivity index (χ0v) is 17.7. The van der Waals surface area contributed by atoms with Gasteiger partial charge in [-0.05, 0) is 38.0 Å². The van der Waals surface area contributed by atoms with Gasteiger partial charge in [0.1, 0.15) is 0 Å². The zero-order valence-electron chi connectivity index (χ0n) is 17.7. The van der Waals surface area contributed by atoms with E-state index in [0.29, 0.717) is 12.5 Å². The van der Waals surface area contributed by atoms with Crippen molar-refractivity contribution in [1.82, 2.24) is 9.55 Å². The maximum Gasteiger partial charge on any atom is 0.321 e. The Morgan fingerprint density at radius 3 is 2.53 bits per heavy atom. The zero-order chi connectivity index (χ0) is 21.3. The van der Waals surface area contributed by atoms with E-state index in [1.54, 1.807) is 11.8 Å². The summed E-state index contributed by atoms with van der Waals surface area (Å²) in [5.74, 6) is -1.08. The Labute approximate surface area is 176 Å². The summed E-state index contributed by atoms with van der Waals surface area (Å²) in [6.45, 7) is 6.61. The van der Waals surface area contributed by atoms with E-state index in [-0.39, 0.29) is 12.5 Å². The summed E-state index contributed by atoms with van der Waals surface area (Å²) in [5, 5.41) is 0. The number of esters is 1. The molecule has 0 radical (unpaired) electrons. The van der Waals surface area contributed by atoms with Crippen LogP contribution < -0.4 is 4.90 Å². The first-order valence-corrected chi connectivity index (χ1v) is 10.6. The van der Waals surface area contributed by atoms with Gasteiger partial charge < -0.3 is 9.30 Å². The van der Waals surface area contributed by atoms with E-state index in [4.69, 9.17) is 9.72 Å². The second kappa shape index (κ2) is 8.30. The van der Waals surface area contributed by atoms with E-state index >= 15 is 0 Å². The van der Waals surface area contributed by atoms with Crippen LogP contribution in [-0.4, -0.2) is 34.6 Å². The normalized spacial score (nSPS) is 18.5. The molecular formula is C24H27N3O3. The van der Waals surface area contributed by atoms with Gasteiger partial charge in [-0.25, -0.2) is 4.98 Å². The van der Waals surface area contributed by atoms with Crippen molar-refractivity contribution in [3.05, 3.63) is 59.7 Å². The monoisotopic (exact) mass is 405 g/mol. The van der Waals surface area contributed by atoms with Gasteiger partial charge in [0, 0.05) is 6.54 Å². The fourth-order valence-corrected chi connectivity index (χ4v) is 4.14. The van der Waals surface area contributed by atoms with Crippen LogP contribution in [0.25, 0.3) is 11.0 Å². The maximum atomic E-state index is 13.6. The van der Waals surface area contributed by atoms with Gasteiger partial charge in [-0.2, -0.15) is 0 Å². The second-order valence-electron chi connectivity index (χ2n) is 7.70. The molecule has 0 saturated carbocycles. The molecule has 4 rings (SSSR count). The Balaban J connectivity index is 1.97. The number of amides is 1. The molecule has 2 heterocycles. The summed E-state index contributed by atoms with van der Waals surface area (Å²) in [6.07, 6.45) is 1.77. The van der Waals surface area contributed by atoms with Crippen LogP contribution in [0.3, 0.4) is 0 Å². The van der Waals surface area contributed by atoms with Crippen LogP contribution in [0, 0.1) is 12.8 Å². The number of carbonyl (C=O) groups is 2. The average molecular weight is 405 g/mol. The lowest BCUT2D eigenvalue weighted by Crippen LogP contribution is -2.50. The standard InChI is InChI=1S/C24H27N3O3/c1-4-6-15-26-22(28)20(23(29)30-5-2)21(17-13-11-16(3)12-14-17)27-19-10-8-7-9-18(19)25-24(26)27/h7-14,20-21H,4-6,15H2,1-3H3/t20-,21-/m0/s1. The lowest BCUT2D eigenvalue weighted by Gasteiger charge is -2.38. The molecule has 0 saturated heterocycles. The van der Waals surface area contributed by atoms with Crippen molar-refractivity contribution >= 4 is 28.9 Å². The van der Waals surface area contributed by atoms with Gasteiger partial charge in [-0.1, -0.05) is 55.3 Å². The van der Waals surface area contributed by atoms with E-state index < -0.39 is 17.9 Å². The minimum absolute atomic E-state index is 0.232. The number of fused-ring (bicyclic) bond motifs is 3. The summed E-state index contributed by atoms with van der Waals surface area (Å²) in [7, 11) is 0. The number of imidazole rings is 1. The molecule has 1 aliphatic rings. The van der Waals surface area contributed by atoms with Crippen molar-refractivity contribution in [1.29, 1.82) is 0 Å². The van der Waals surface area contributed by atoms with Gasteiger partial charge in [0.25, 0.3) is 0 Å². The number of ether oxygens (including phenoxy) is 1. The molecule has 6 nitrogen and oxygen atoms in total. The molecule has 30 heavy (non-hydrogen) atoms. The van der Waals surface area contributed by atoms with Crippen molar-refractivity contribution in [2.45, 2.75) is 39.7 Å². The predicted octanol–water partition coefficient (Wildman–Crippen LogP) is 4.26. The molecule has 0 bridgehead atoms. The van der Waals surface area contributed by atoms with Crippen LogP contribution in [0.5, 0.6) is 0 Å². The van der Waals surface area contributed by atoms with Gasteiger partial charge in [0.05, 0.1) is 23.7 Å². The Hall–Kier alpha value is -3.15. The minimum atomic E-state index is -0.949. The minimum Gasteiger partial charge on any atom is -0.465 e. The third-order valence-corrected chi connectivity index (χ3v) is 5.64. The quantitative estimate of drug-likeness (QED) is 0.454. The van der Waals surface area contributed by atoms with Gasteiger partial charge in [0.15, 0.2) is 5.92 Å². The summed E-state index contributed by atoms with van der Waals surface area (Å²) in [4.78, 5) is 33.1. The summed E-state index contributed by atoms with van der Waals surface area (Å²) in [6, 6.07) is 15.3. The van der Waals surface area contributed by atoms with Crippen LogP contribution in [0.4, 0.5) is 5.95 Å². The number of aromatic nitrogens is 2. The van der Waals surface area contributed by atoms with E-state index in [1.165, 1.54) is 0 Å².